The Hall–Kier alpha value is -1.89. The zero-order valence-corrected chi connectivity index (χ0v) is 13.7. The number of alkyl halides is 2. The number of carbonyl (C=O) groups excluding carboxylic acids is 1. The molecule has 0 radical (unpaired) electrons. The van der Waals surface area contributed by atoms with Gasteiger partial charge >= 0.3 is 6.61 Å². The van der Waals surface area contributed by atoms with Crippen LogP contribution in [0.2, 0.25) is 0 Å². The summed E-state index contributed by atoms with van der Waals surface area (Å²) in [6, 6.07) is 4.10. The van der Waals surface area contributed by atoms with Gasteiger partial charge in [-0.1, -0.05) is 19.4 Å². The van der Waals surface area contributed by atoms with Gasteiger partial charge in [0.2, 0.25) is 5.91 Å². The van der Waals surface area contributed by atoms with Crippen LogP contribution in [0.3, 0.4) is 0 Å². The number of hydrogen-bond donors (Lipinski definition) is 1. The van der Waals surface area contributed by atoms with Crippen LogP contribution in [0.1, 0.15) is 32.3 Å². The van der Waals surface area contributed by atoms with Crippen molar-refractivity contribution >= 4 is 5.91 Å². The first-order valence-electron chi connectivity index (χ1n) is 7.60. The van der Waals surface area contributed by atoms with Crippen LogP contribution in [-0.4, -0.2) is 37.1 Å². The lowest BCUT2D eigenvalue weighted by Gasteiger charge is -2.22. The minimum absolute atomic E-state index is 0.0257. The molecule has 0 aliphatic heterocycles. The Bertz CT molecular complexity index is 512. The topological polar surface area (TPSA) is 64.8 Å². The maximum absolute atomic E-state index is 12.4. The number of ether oxygens (including phenoxy) is 2. The Morgan fingerprint density at radius 2 is 2.00 bits per heavy atom. The Labute approximate surface area is 135 Å². The minimum Gasteiger partial charge on any atom is -0.490 e. The zero-order valence-electron chi connectivity index (χ0n) is 13.7. The van der Waals surface area contributed by atoms with Crippen molar-refractivity contribution in [2.45, 2.75) is 45.9 Å². The van der Waals surface area contributed by atoms with Crippen LogP contribution < -0.4 is 15.2 Å². The summed E-state index contributed by atoms with van der Waals surface area (Å²) in [7, 11) is 1.65. The maximum Gasteiger partial charge on any atom is 0.387 e. The fourth-order valence-corrected chi connectivity index (χ4v) is 2.18. The number of nitrogens with zero attached hydrogens (tertiary/aromatic N) is 1. The lowest BCUT2D eigenvalue weighted by molar-refractivity contribution is -0.132. The van der Waals surface area contributed by atoms with Crippen LogP contribution in [0.25, 0.3) is 0 Å². The summed E-state index contributed by atoms with van der Waals surface area (Å²) in [6.07, 6.45) is 1.45. The summed E-state index contributed by atoms with van der Waals surface area (Å²) >= 11 is 0. The molecule has 0 bridgehead atoms. The van der Waals surface area contributed by atoms with Crippen LogP contribution in [0, 0.1) is 0 Å². The van der Waals surface area contributed by atoms with Gasteiger partial charge in [0.25, 0.3) is 0 Å². The molecular formula is C16H24F2N2O3. The van der Waals surface area contributed by atoms with Crippen LogP contribution >= 0.6 is 0 Å². The quantitative estimate of drug-likeness (QED) is 0.756. The summed E-state index contributed by atoms with van der Waals surface area (Å²) < 4.78 is 34.5. The Morgan fingerprint density at radius 1 is 1.30 bits per heavy atom. The van der Waals surface area contributed by atoms with Crippen molar-refractivity contribution in [3.63, 3.8) is 0 Å². The van der Waals surface area contributed by atoms with Gasteiger partial charge in [0, 0.05) is 13.6 Å². The summed E-state index contributed by atoms with van der Waals surface area (Å²) in [4.78, 5) is 13.6. The third-order valence-electron chi connectivity index (χ3n) is 3.24. The van der Waals surface area contributed by atoms with E-state index < -0.39 is 12.7 Å². The van der Waals surface area contributed by atoms with Crippen molar-refractivity contribution in [2.24, 2.45) is 5.73 Å². The van der Waals surface area contributed by atoms with Crippen molar-refractivity contribution in [3.8, 4) is 11.5 Å². The van der Waals surface area contributed by atoms with Crippen LogP contribution in [0.5, 0.6) is 11.5 Å². The van der Waals surface area contributed by atoms with E-state index >= 15 is 0 Å². The molecule has 0 saturated heterocycles. The van der Waals surface area contributed by atoms with Crippen molar-refractivity contribution in [2.75, 3.05) is 13.7 Å². The number of hydrogen-bond acceptors (Lipinski definition) is 4. The van der Waals surface area contributed by atoms with Crippen LogP contribution in [-0.2, 0) is 11.3 Å². The molecule has 1 aromatic rings. The van der Waals surface area contributed by atoms with Gasteiger partial charge in [0.1, 0.15) is 0 Å². The molecule has 0 saturated carbocycles. The minimum atomic E-state index is -2.92. The second-order valence-electron chi connectivity index (χ2n) is 5.18. The lowest BCUT2D eigenvalue weighted by atomic mass is 10.1. The van der Waals surface area contributed by atoms with Crippen molar-refractivity contribution in [3.05, 3.63) is 23.8 Å². The molecule has 0 heterocycles. The number of likely N-dealkylation sites (N-methyl/N-ethyl adjacent to an activating group) is 1. The van der Waals surface area contributed by atoms with E-state index in [1.165, 1.54) is 11.0 Å². The monoisotopic (exact) mass is 330 g/mol. The fourth-order valence-electron chi connectivity index (χ4n) is 2.18. The highest BCUT2D eigenvalue weighted by atomic mass is 19.3. The normalized spacial score (nSPS) is 12.1. The molecular weight excluding hydrogens is 306 g/mol. The van der Waals surface area contributed by atoms with E-state index in [1.54, 1.807) is 26.1 Å². The van der Waals surface area contributed by atoms with E-state index in [9.17, 15) is 13.6 Å². The van der Waals surface area contributed by atoms with E-state index in [1.807, 2.05) is 6.92 Å². The fraction of sp³-hybridized carbons (Fsp3) is 0.562. The summed E-state index contributed by atoms with van der Waals surface area (Å²) in [6.45, 7) is 1.42. The smallest absolute Gasteiger partial charge is 0.387 e. The van der Waals surface area contributed by atoms with Gasteiger partial charge in [0.05, 0.1) is 12.6 Å². The second kappa shape index (κ2) is 9.29. The predicted octanol–water partition coefficient (Wildman–Crippen LogP) is 2.77. The number of benzene rings is 1. The number of halogens is 2. The number of rotatable bonds is 9. The molecule has 2 N–H and O–H groups in total. The molecule has 1 rings (SSSR count). The molecule has 7 heteroatoms. The van der Waals surface area contributed by atoms with Gasteiger partial charge < -0.3 is 20.1 Å². The number of carbonyl (C=O) groups is 1. The van der Waals surface area contributed by atoms with E-state index in [0.29, 0.717) is 19.6 Å². The SMILES string of the molecule is CCCC(N)C(=O)N(C)Cc1ccc(OC(F)F)c(OCC)c1. The van der Waals surface area contributed by atoms with Crippen molar-refractivity contribution in [1.29, 1.82) is 0 Å². The van der Waals surface area contributed by atoms with Crippen molar-refractivity contribution in [1.82, 2.24) is 4.90 Å². The van der Waals surface area contributed by atoms with Crippen LogP contribution in [0.4, 0.5) is 8.78 Å². The molecule has 0 aliphatic carbocycles. The first kappa shape index (κ1) is 19.2. The van der Waals surface area contributed by atoms with Gasteiger partial charge in [-0.05, 0) is 31.0 Å². The molecule has 0 aliphatic rings. The Kier molecular flexibility index (Phi) is 7.74. The Balaban J connectivity index is 2.84. The standard InChI is InChI=1S/C16H24F2N2O3/c1-4-6-12(19)15(21)20(3)10-11-7-8-13(23-16(17)18)14(9-11)22-5-2/h7-9,12,16H,4-6,10,19H2,1-3H3. The van der Waals surface area contributed by atoms with Gasteiger partial charge in [-0.2, -0.15) is 8.78 Å². The molecule has 0 fully saturated rings. The molecule has 1 atom stereocenters. The average Bonchev–Trinajstić information content (AvgIpc) is 2.49. The van der Waals surface area contributed by atoms with Gasteiger partial charge in [-0.15, -0.1) is 0 Å². The van der Waals surface area contributed by atoms with E-state index in [2.05, 4.69) is 4.74 Å². The maximum atomic E-state index is 12.4. The highest BCUT2D eigenvalue weighted by Gasteiger charge is 2.18. The third kappa shape index (κ3) is 6.02. The molecule has 23 heavy (non-hydrogen) atoms. The number of amides is 1. The van der Waals surface area contributed by atoms with E-state index in [4.69, 9.17) is 10.5 Å². The molecule has 1 unspecified atom stereocenters. The first-order valence-corrected chi connectivity index (χ1v) is 7.60. The predicted molar refractivity (Wildman–Crippen MR) is 83.6 cm³/mol. The molecule has 0 spiro atoms. The number of nitrogens with two attached hydrogens (primary N) is 1. The van der Waals surface area contributed by atoms with Crippen molar-refractivity contribution < 1.29 is 23.0 Å². The third-order valence-corrected chi connectivity index (χ3v) is 3.24. The first-order chi connectivity index (χ1) is 10.9. The van der Waals surface area contributed by atoms with Gasteiger partial charge in [0.15, 0.2) is 11.5 Å². The lowest BCUT2D eigenvalue weighted by Crippen LogP contribution is -2.41. The Morgan fingerprint density at radius 3 is 2.57 bits per heavy atom. The average molecular weight is 330 g/mol. The molecule has 130 valence electrons. The summed E-state index contributed by atoms with van der Waals surface area (Å²) in [5.41, 5.74) is 6.56. The second-order valence-corrected chi connectivity index (χ2v) is 5.18. The summed E-state index contributed by atoms with van der Waals surface area (Å²) in [5, 5.41) is 0. The highest BCUT2D eigenvalue weighted by molar-refractivity contribution is 5.81. The van der Waals surface area contributed by atoms with Crippen LogP contribution in [0.15, 0.2) is 18.2 Å². The molecule has 5 nitrogen and oxygen atoms in total. The molecule has 1 aromatic carbocycles. The van der Waals surface area contributed by atoms with E-state index in [0.717, 1.165) is 12.0 Å². The van der Waals surface area contributed by atoms with E-state index in [-0.39, 0.29) is 17.4 Å². The molecule has 0 aromatic heterocycles. The van der Waals surface area contributed by atoms with Gasteiger partial charge in [-0.3, -0.25) is 4.79 Å². The summed E-state index contributed by atoms with van der Waals surface area (Å²) in [5.74, 6) is 0.0454. The zero-order chi connectivity index (χ0) is 17.4. The largest absolute Gasteiger partial charge is 0.490 e. The van der Waals surface area contributed by atoms with Gasteiger partial charge in [-0.25, -0.2) is 0 Å². The molecule has 1 amide bonds. The highest BCUT2D eigenvalue weighted by Crippen LogP contribution is 2.30.